The maximum atomic E-state index is 8.83. The van der Waals surface area contributed by atoms with Crippen LogP contribution in [0.3, 0.4) is 0 Å². The molecule has 0 N–H and O–H groups in total. The maximum Gasteiger partial charge on any atom is 0.218 e. The van der Waals surface area contributed by atoms with Crippen LogP contribution >= 0.6 is 0 Å². The van der Waals surface area contributed by atoms with E-state index in [1.165, 1.54) is 10.8 Å². The quantitative estimate of drug-likeness (QED) is 0.163. The molecule has 11 aromatic rings. The number of hydrogen-bond acceptors (Lipinski definition) is 0. The van der Waals surface area contributed by atoms with Crippen molar-refractivity contribution in [3.05, 3.63) is 199 Å². The van der Waals surface area contributed by atoms with Crippen LogP contribution in [0, 0.1) is 13.1 Å². The highest BCUT2D eigenvalue weighted by Crippen LogP contribution is 2.45. The van der Waals surface area contributed by atoms with E-state index in [9.17, 15) is 0 Å². The molecule has 0 radical (unpaired) electrons. The van der Waals surface area contributed by atoms with Gasteiger partial charge in [-0.2, -0.15) is 0 Å². The van der Waals surface area contributed by atoms with Gasteiger partial charge in [-0.25, -0.2) is 9.69 Å². The van der Waals surface area contributed by atoms with Gasteiger partial charge in [0.2, 0.25) is 5.69 Å². The van der Waals surface area contributed by atoms with E-state index in [4.69, 9.17) is 13.1 Å². The van der Waals surface area contributed by atoms with E-state index in [2.05, 4.69) is 169 Å². The summed E-state index contributed by atoms with van der Waals surface area (Å²) in [5.41, 5.74) is 12.1. The Morgan fingerprint density at radius 1 is 0.327 bits per heavy atom. The van der Waals surface area contributed by atoms with Crippen LogP contribution in [0.1, 0.15) is 0 Å². The summed E-state index contributed by atoms with van der Waals surface area (Å²) in [5, 5.41) is 6.85. The van der Waals surface area contributed by atoms with Gasteiger partial charge < -0.3 is 13.7 Å². The highest BCUT2D eigenvalue weighted by Gasteiger charge is 2.24. The zero-order chi connectivity index (χ0) is 36.6. The van der Waals surface area contributed by atoms with Crippen LogP contribution in [-0.2, 0) is 0 Å². The molecule has 3 heterocycles. The monoisotopic (exact) mass is 699 g/mol. The Bertz CT molecular complexity index is 3420. The van der Waals surface area contributed by atoms with Crippen molar-refractivity contribution in [2.24, 2.45) is 0 Å². The van der Waals surface area contributed by atoms with Gasteiger partial charge in [-0.05, 0) is 59.7 Å². The summed E-state index contributed by atoms with van der Waals surface area (Å²) >= 11 is 0. The molecule has 55 heavy (non-hydrogen) atoms. The highest BCUT2D eigenvalue weighted by atomic mass is 15.1. The Balaban J connectivity index is 1.23. The van der Waals surface area contributed by atoms with Gasteiger partial charge in [-0.3, -0.25) is 0 Å². The predicted molar refractivity (Wildman–Crippen MR) is 227 cm³/mol. The van der Waals surface area contributed by atoms with Gasteiger partial charge in [0.1, 0.15) is 0 Å². The first-order valence-corrected chi connectivity index (χ1v) is 18.3. The van der Waals surface area contributed by atoms with Crippen molar-refractivity contribution in [3.8, 4) is 28.2 Å². The van der Waals surface area contributed by atoms with E-state index < -0.39 is 0 Å². The predicted octanol–water partition coefficient (Wildman–Crippen LogP) is 13.7. The Morgan fingerprint density at radius 2 is 0.782 bits per heavy atom. The van der Waals surface area contributed by atoms with Gasteiger partial charge in [-0.1, -0.05) is 127 Å². The van der Waals surface area contributed by atoms with Crippen LogP contribution in [-0.4, -0.2) is 13.7 Å². The van der Waals surface area contributed by atoms with E-state index in [0.717, 1.165) is 82.8 Å². The average molecular weight is 700 g/mol. The first-order valence-electron chi connectivity index (χ1n) is 18.3. The maximum absolute atomic E-state index is 8.83. The van der Waals surface area contributed by atoms with Crippen LogP contribution in [0.2, 0.25) is 0 Å². The van der Waals surface area contributed by atoms with Crippen molar-refractivity contribution in [1.29, 1.82) is 0 Å². The van der Waals surface area contributed by atoms with Crippen molar-refractivity contribution in [1.82, 2.24) is 13.7 Å². The lowest BCUT2D eigenvalue weighted by atomic mass is 10.00. The molecular weight excluding hydrogens is 671 g/mol. The number of rotatable bonds is 4. The number of benzene rings is 8. The fraction of sp³-hybridized carbons (Fsp3) is 0. The molecule has 0 aliphatic rings. The zero-order valence-corrected chi connectivity index (χ0v) is 29.5. The molecule has 254 valence electrons. The second-order valence-electron chi connectivity index (χ2n) is 13.9. The molecule has 8 aromatic carbocycles. The van der Waals surface area contributed by atoms with Crippen molar-refractivity contribution in [2.45, 2.75) is 0 Å². The molecule has 0 atom stereocenters. The summed E-state index contributed by atoms with van der Waals surface area (Å²) < 4.78 is 6.92. The lowest BCUT2D eigenvalue weighted by Crippen LogP contribution is -2.02. The standard InChI is InChI=1S/C50H29N5/c1-51-32-29-30-38-35-17-5-10-24-43(35)54(48(38)31-32)44-25-11-6-18-36(44)39-20-13-27-46(49(39)52-2)55-45-26-12-7-19-37(45)40-21-14-28-47(50(40)55)53-41-22-8-3-15-33(41)34-16-4-9-23-42(34)53/h3-31H. The van der Waals surface area contributed by atoms with Gasteiger partial charge in [-0.15, -0.1) is 0 Å². The van der Waals surface area contributed by atoms with Gasteiger partial charge in [0.15, 0.2) is 5.69 Å². The zero-order valence-electron chi connectivity index (χ0n) is 29.5. The van der Waals surface area contributed by atoms with Crippen LogP contribution in [0.5, 0.6) is 0 Å². The molecule has 5 nitrogen and oxygen atoms in total. The molecule has 0 aliphatic carbocycles. The van der Waals surface area contributed by atoms with Crippen molar-refractivity contribution >= 4 is 76.8 Å². The summed E-state index contributed by atoms with van der Waals surface area (Å²) in [6.07, 6.45) is 0. The lowest BCUT2D eigenvalue weighted by Gasteiger charge is -2.19. The van der Waals surface area contributed by atoms with E-state index in [0.29, 0.717) is 11.4 Å². The normalized spacial score (nSPS) is 11.6. The molecular formula is C50H29N5. The third-order valence-corrected chi connectivity index (χ3v) is 11.1. The fourth-order valence-corrected chi connectivity index (χ4v) is 8.84. The van der Waals surface area contributed by atoms with Gasteiger partial charge >= 0.3 is 0 Å². The van der Waals surface area contributed by atoms with E-state index in [1.807, 2.05) is 30.3 Å². The minimum atomic E-state index is 0.567. The van der Waals surface area contributed by atoms with Gasteiger partial charge in [0, 0.05) is 37.8 Å². The molecule has 0 spiro atoms. The smallest absolute Gasteiger partial charge is 0.218 e. The largest absolute Gasteiger partial charge is 0.317 e. The van der Waals surface area contributed by atoms with E-state index >= 15 is 0 Å². The summed E-state index contributed by atoms with van der Waals surface area (Å²) in [5.74, 6) is 0. The third kappa shape index (κ3) is 4.33. The van der Waals surface area contributed by atoms with Crippen LogP contribution in [0.15, 0.2) is 176 Å². The average Bonchev–Trinajstić information content (AvgIpc) is 3.89. The lowest BCUT2D eigenvalue weighted by molar-refractivity contribution is 1.13. The number of fused-ring (bicyclic) bond motifs is 9. The Morgan fingerprint density at radius 3 is 1.42 bits per heavy atom. The second kappa shape index (κ2) is 11.8. The number of nitrogens with zero attached hydrogens (tertiary/aromatic N) is 5. The minimum absolute atomic E-state index is 0.567. The molecule has 0 amide bonds. The third-order valence-electron chi connectivity index (χ3n) is 11.1. The molecule has 0 aliphatic heterocycles. The topological polar surface area (TPSA) is 23.5 Å². The van der Waals surface area contributed by atoms with Crippen LogP contribution in [0.4, 0.5) is 11.4 Å². The van der Waals surface area contributed by atoms with Crippen LogP contribution < -0.4 is 0 Å². The van der Waals surface area contributed by atoms with Gasteiger partial charge in [0.25, 0.3) is 0 Å². The molecule has 0 unspecified atom stereocenters. The second-order valence-corrected chi connectivity index (χ2v) is 13.9. The Kier molecular flexibility index (Phi) is 6.61. The highest BCUT2D eigenvalue weighted by molar-refractivity contribution is 6.16. The summed E-state index contributed by atoms with van der Waals surface area (Å²) in [4.78, 5) is 8.13. The molecule has 5 heteroatoms. The number of hydrogen-bond donors (Lipinski definition) is 0. The first-order chi connectivity index (χ1) is 27.2. The first kappa shape index (κ1) is 30.7. The van der Waals surface area contributed by atoms with Crippen molar-refractivity contribution in [3.63, 3.8) is 0 Å². The number of aromatic nitrogens is 3. The number of para-hydroxylation sites is 7. The SMILES string of the molecule is [C-]#[N+]c1ccc2c3ccccc3n(-c3ccccc3-c3cccc(-n4c5ccccc5c5cccc(-n6c7ccccc7c7ccccc76)c54)c3[N+]#[C-])c2c1. The summed E-state index contributed by atoms with van der Waals surface area (Å²) in [6, 6.07) is 61.0. The Labute approximate surface area is 316 Å². The molecule has 0 bridgehead atoms. The molecule has 11 rings (SSSR count). The van der Waals surface area contributed by atoms with Crippen molar-refractivity contribution in [2.75, 3.05) is 0 Å². The molecule has 0 saturated carbocycles. The van der Waals surface area contributed by atoms with Gasteiger partial charge in [0.05, 0.1) is 57.8 Å². The molecule has 3 aromatic heterocycles. The van der Waals surface area contributed by atoms with Crippen molar-refractivity contribution < 1.29 is 0 Å². The molecule has 0 fully saturated rings. The minimum Gasteiger partial charge on any atom is -0.317 e. The van der Waals surface area contributed by atoms with E-state index in [1.54, 1.807) is 0 Å². The Hall–Kier alpha value is -7.86. The fourth-order valence-electron chi connectivity index (χ4n) is 8.84. The van der Waals surface area contributed by atoms with Crippen LogP contribution in [0.25, 0.3) is 103 Å². The summed E-state index contributed by atoms with van der Waals surface area (Å²) in [7, 11) is 0. The summed E-state index contributed by atoms with van der Waals surface area (Å²) in [6.45, 7) is 16.6. The van der Waals surface area contributed by atoms with E-state index in [-0.39, 0.29) is 0 Å². The molecule has 0 saturated heterocycles.